The van der Waals surface area contributed by atoms with Gasteiger partial charge in [0, 0.05) is 19.5 Å². The first-order valence-electron chi connectivity index (χ1n) is 6.59. The van der Waals surface area contributed by atoms with E-state index >= 15 is 0 Å². The maximum absolute atomic E-state index is 11.5. The quantitative estimate of drug-likeness (QED) is 0.625. The van der Waals surface area contributed by atoms with Gasteiger partial charge in [-0.05, 0) is 36.4 Å². The molecule has 4 nitrogen and oxygen atoms in total. The normalized spacial score (nSPS) is 10.5. The van der Waals surface area contributed by atoms with Gasteiger partial charge >= 0.3 is 11.9 Å². The summed E-state index contributed by atoms with van der Waals surface area (Å²) in [5, 5.41) is 0. The van der Waals surface area contributed by atoms with E-state index in [-0.39, 0.29) is 11.9 Å². The fourth-order valence-corrected chi connectivity index (χ4v) is 5.00. The molecule has 0 aliphatic heterocycles. The first kappa shape index (κ1) is 15.9. The Labute approximate surface area is 144 Å². The Morgan fingerprint density at radius 3 is 1.39 bits per heavy atom. The maximum atomic E-state index is 11.5. The Kier molecular flexibility index (Phi) is 4.61. The molecule has 0 fully saturated rings. The van der Waals surface area contributed by atoms with Gasteiger partial charge in [0.25, 0.3) is 0 Å². The number of esters is 2. The Morgan fingerprint density at radius 2 is 1.00 bits per heavy atom. The molecule has 0 unspecified atom stereocenters. The third-order valence-electron chi connectivity index (χ3n) is 3.08. The fourth-order valence-electron chi connectivity index (χ4n) is 1.96. The van der Waals surface area contributed by atoms with Gasteiger partial charge < -0.3 is 9.47 Å². The summed E-state index contributed by atoms with van der Waals surface area (Å²) in [7, 11) is 2.75. The highest BCUT2D eigenvalue weighted by Crippen LogP contribution is 2.40. The molecular formula is C16H12O4S3. The molecule has 7 heteroatoms. The number of methoxy groups -OCH3 is 2. The van der Waals surface area contributed by atoms with Crippen LogP contribution in [0.4, 0.5) is 0 Å². The van der Waals surface area contributed by atoms with Crippen LogP contribution < -0.4 is 0 Å². The van der Waals surface area contributed by atoms with Crippen LogP contribution in [0, 0.1) is 0 Å². The number of carbonyl (C=O) groups is 2. The van der Waals surface area contributed by atoms with Gasteiger partial charge in [-0.1, -0.05) is 0 Å². The summed E-state index contributed by atoms with van der Waals surface area (Å²) in [5.74, 6) is -0.641. The van der Waals surface area contributed by atoms with Crippen LogP contribution in [-0.2, 0) is 9.47 Å². The summed E-state index contributed by atoms with van der Waals surface area (Å²) in [4.78, 5) is 28.4. The Balaban J connectivity index is 1.85. The molecule has 0 saturated heterocycles. The van der Waals surface area contributed by atoms with Crippen molar-refractivity contribution in [3.63, 3.8) is 0 Å². The van der Waals surface area contributed by atoms with Gasteiger partial charge in [0.1, 0.15) is 9.75 Å². The standard InChI is InChI=1S/C16H12O4S3/c1-19-15(17)13-7-5-11(22-13)9-3-4-10(21-9)12-6-8-14(23-12)16(18)20-2/h3-8H,1-2H3. The van der Waals surface area contributed by atoms with Crippen LogP contribution in [0.15, 0.2) is 36.4 Å². The molecule has 0 N–H and O–H groups in total. The highest BCUT2D eigenvalue weighted by Gasteiger charge is 2.14. The van der Waals surface area contributed by atoms with E-state index in [2.05, 4.69) is 0 Å². The van der Waals surface area contributed by atoms with Crippen molar-refractivity contribution in [3.05, 3.63) is 46.2 Å². The highest BCUT2D eigenvalue weighted by atomic mass is 32.1. The van der Waals surface area contributed by atoms with Gasteiger partial charge in [-0.15, -0.1) is 34.0 Å². The van der Waals surface area contributed by atoms with E-state index in [0.717, 1.165) is 19.5 Å². The molecule has 0 saturated carbocycles. The van der Waals surface area contributed by atoms with Crippen LogP contribution in [-0.4, -0.2) is 26.2 Å². The van der Waals surface area contributed by atoms with Crippen molar-refractivity contribution in [1.29, 1.82) is 0 Å². The van der Waals surface area contributed by atoms with Gasteiger partial charge in [-0.3, -0.25) is 0 Å². The predicted molar refractivity (Wildman–Crippen MR) is 93.6 cm³/mol. The molecule has 3 aromatic rings. The van der Waals surface area contributed by atoms with Gasteiger partial charge in [-0.25, -0.2) is 9.59 Å². The molecular weight excluding hydrogens is 352 g/mol. The van der Waals surface area contributed by atoms with Crippen molar-refractivity contribution >= 4 is 45.9 Å². The lowest BCUT2D eigenvalue weighted by molar-refractivity contribution is 0.0597. The van der Waals surface area contributed by atoms with Gasteiger partial charge in [0.2, 0.25) is 0 Å². The largest absolute Gasteiger partial charge is 0.465 e. The molecule has 0 atom stereocenters. The smallest absolute Gasteiger partial charge is 0.348 e. The zero-order chi connectivity index (χ0) is 16.4. The molecule has 0 bridgehead atoms. The van der Waals surface area contributed by atoms with Crippen LogP contribution >= 0.6 is 34.0 Å². The Bertz CT molecular complexity index is 787. The molecule has 23 heavy (non-hydrogen) atoms. The lowest BCUT2D eigenvalue weighted by Crippen LogP contribution is -1.96. The van der Waals surface area contributed by atoms with E-state index in [1.807, 2.05) is 24.3 Å². The first-order chi connectivity index (χ1) is 11.1. The summed E-state index contributed by atoms with van der Waals surface area (Å²) < 4.78 is 9.46. The second kappa shape index (κ2) is 6.66. The summed E-state index contributed by atoms with van der Waals surface area (Å²) in [6.45, 7) is 0. The summed E-state index contributed by atoms with van der Waals surface area (Å²) >= 11 is 4.43. The maximum Gasteiger partial charge on any atom is 0.348 e. The summed E-state index contributed by atoms with van der Waals surface area (Å²) in [6.07, 6.45) is 0. The SMILES string of the molecule is COC(=O)c1ccc(-c2ccc(-c3ccc(C(=O)OC)s3)s2)s1. The number of hydrogen-bond acceptors (Lipinski definition) is 7. The van der Waals surface area contributed by atoms with Crippen molar-refractivity contribution in [2.75, 3.05) is 14.2 Å². The van der Waals surface area contributed by atoms with Crippen LogP contribution in [0.25, 0.3) is 19.5 Å². The lowest BCUT2D eigenvalue weighted by Gasteiger charge is -1.93. The van der Waals surface area contributed by atoms with Crippen molar-refractivity contribution in [2.45, 2.75) is 0 Å². The van der Waals surface area contributed by atoms with Crippen molar-refractivity contribution < 1.29 is 19.1 Å². The first-order valence-corrected chi connectivity index (χ1v) is 9.04. The number of thiophene rings is 3. The van der Waals surface area contributed by atoms with Gasteiger partial charge in [-0.2, -0.15) is 0 Å². The Hall–Kier alpha value is -1.96. The van der Waals surface area contributed by atoms with E-state index in [0.29, 0.717) is 9.75 Å². The molecule has 0 aliphatic carbocycles. The molecule has 0 amide bonds. The minimum atomic E-state index is -0.320. The zero-order valence-corrected chi connectivity index (χ0v) is 14.8. The second-order valence-corrected chi connectivity index (χ2v) is 7.73. The predicted octanol–water partition coefficient (Wildman–Crippen LogP) is 4.78. The van der Waals surface area contributed by atoms with Crippen LogP contribution in [0.3, 0.4) is 0 Å². The third kappa shape index (κ3) is 3.21. The summed E-state index contributed by atoms with van der Waals surface area (Å²) in [6, 6.07) is 11.4. The Morgan fingerprint density at radius 1 is 0.652 bits per heavy atom. The van der Waals surface area contributed by atoms with E-state index in [1.54, 1.807) is 23.5 Å². The molecule has 0 aliphatic rings. The van der Waals surface area contributed by atoms with E-state index in [4.69, 9.17) is 9.47 Å². The number of ether oxygens (including phenoxy) is 2. The van der Waals surface area contributed by atoms with Gasteiger partial charge in [0.05, 0.1) is 14.2 Å². The number of rotatable bonds is 4. The van der Waals surface area contributed by atoms with Crippen LogP contribution in [0.2, 0.25) is 0 Å². The van der Waals surface area contributed by atoms with E-state index < -0.39 is 0 Å². The van der Waals surface area contributed by atoms with E-state index in [1.165, 1.54) is 36.9 Å². The van der Waals surface area contributed by atoms with Crippen LogP contribution in [0.1, 0.15) is 19.3 Å². The number of hydrogen-bond donors (Lipinski definition) is 0. The molecule has 118 valence electrons. The third-order valence-corrected chi connectivity index (χ3v) is 6.68. The molecule has 3 aromatic heterocycles. The minimum Gasteiger partial charge on any atom is -0.465 e. The van der Waals surface area contributed by atoms with Crippen molar-refractivity contribution in [3.8, 4) is 19.5 Å². The monoisotopic (exact) mass is 364 g/mol. The van der Waals surface area contributed by atoms with E-state index in [9.17, 15) is 9.59 Å². The fraction of sp³-hybridized carbons (Fsp3) is 0.125. The minimum absolute atomic E-state index is 0.320. The van der Waals surface area contributed by atoms with Crippen molar-refractivity contribution in [1.82, 2.24) is 0 Å². The average molecular weight is 364 g/mol. The van der Waals surface area contributed by atoms with Crippen molar-refractivity contribution in [2.24, 2.45) is 0 Å². The molecule has 3 rings (SSSR count). The molecule has 0 aromatic carbocycles. The summed E-state index contributed by atoms with van der Waals surface area (Å²) in [5.41, 5.74) is 0. The highest BCUT2D eigenvalue weighted by molar-refractivity contribution is 7.27. The molecule has 3 heterocycles. The van der Waals surface area contributed by atoms with Crippen LogP contribution in [0.5, 0.6) is 0 Å². The second-order valence-electron chi connectivity index (χ2n) is 4.47. The number of carbonyl (C=O) groups excluding carboxylic acids is 2. The zero-order valence-electron chi connectivity index (χ0n) is 12.3. The van der Waals surface area contributed by atoms with Gasteiger partial charge in [0.15, 0.2) is 0 Å². The molecule has 0 radical (unpaired) electrons. The average Bonchev–Trinajstić information content (AvgIpc) is 3.31. The topological polar surface area (TPSA) is 52.6 Å². The molecule has 0 spiro atoms. The lowest BCUT2D eigenvalue weighted by atomic mass is 10.3.